The summed E-state index contributed by atoms with van der Waals surface area (Å²) in [4.78, 5) is 4.62. The Kier molecular flexibility index (Phi) is 5.89. The second-order valence-electron chi connectivity index (χ2n) is 8.59. The highest BCUT2D eigenvalue weighted by molar-refractivity contribution is 7.88. The number of fused-ring (bicyclic) bond motifs is 1. The quantitative estimate of drug-likeness (QED) is 0.570. The minimum absolute atomic E-state index is 0.0868. The fourth-order valence-electron chi connectivity index (χ4n) is 3.78. The maximum Gasteiger partial charge on any atom is 0.243 e. The molecule has 4 heterocycles. The number of aromatic amines is 1. The Bertz CT molecular complexity index is 1140. The third-order valence-electron chi connectivity index (χ3n) is 5.47. The molecule has 4 rings (SSSR count). The van der Waals surface area contributed by atoms with Crippen LogP contribution < -0.4 is 10.1 Å². The zero-order valence-corrected chi connectivity index (χ0v) is 19.1. The molecule has 10 nitrogen and oxygen atoms in total. The van der Waals surface area contributed by atoms with Gasteiger partial charge in [0.1, 0.15) is 0 Å². The van der Waals surface area contributed by atoms with E-state index in [1.54, 1.807) is 10.7 Å². The number of nitrogens with zero attached hydrogens (tertiary/aromatic N) is 5. The summed E-state index contributed by atoms with van der Waals surface area (Å²) in [7, 11) is -3.17. The van der Waals surface area contributed by atoms with E-state index in [2.05, 4.69) is 39.4 Å². The summed E-state index contributed by atoms with van der Waals surface area (Å²) in [6.45, 7) is 7.75. The minimum Gasteiger partial charge on any atom is -0.477 e. The van der Waals surface area contributed by atoms with Gasteiger partial charge in [-0.05, 0) is 30.4 Å². The van der Waals surface area contributed by atoms with Crippen molar-refractivity contribution >= 4 is 21.6 Å². The molecule has 3 aromatic rings. The van der Waals surface area contributed by atoms with Crippen LogP contribution in [0.25, 0.3) is 16.8 Å². The summed E-state index contributed by atoms with van der Waals surface area (Å²) in [6.07, 6.45) is 5.52. The van der Waals surface area contributed by atoms with Crippen molar-refractivity contribution < 1.29 is 13.2 Å². The number of hydrogen-bond acceptors (Lipinski definition) is 7. The van der Waals surface area contributed by atoms with E-state index in [1.807, 2.05) is 25.3 Å². The molecule has 11 heteroatoms. The van der Waals surface area contributed by atoms with Gasteiger partial charge in [0.2, 0.25) is 21.9 Å². The normalized spacial score (nSPS) is 20.4. The molecule has 1 aliphatic heterocycles. The first-order chi connectivity index (χ1) is 14.7. The van der Waals surface area contributed by atoms with Crippen LogP contribution in [0.15, 0.2) is 24.5 Å². The zero-order valence-electron chi connectivity index (χ0n) is 18.2. The van der Waals surface area contributed by atoms with Gasteiger partial charge < -0.3 is 10.1 Å². The third kappa shape index (κ3) is 4.67. The van der Waals surface area contributed by atoms with Gasteiger partial charge in [0.15, 0.2) is 5.65 Å². The molecule has 0 spiro atoms. The maximum absolute atomic E-state index is 11.8. The van der Waals surface area contributed by atoms with Crippen molar-refractivity contribution in [1.29, 1.82) is 0 Å². The minimum atomic E-state index is -3.17. The predicted molar refractivity (Wildman–Crippen MR) is 119 cm³/mol. The molecule has 1 fully saturated rings. The van der Waals surface area contributed by atoms with Crippen LogP contribution >= 0.6 is 0 Å². The standard InChI is InChI=1S/C20H29N7O3S/c1-13(2)12-30-19-16(15-9-21-22-10-15)5-6-18-24-20(25-27(18)19)23-17-7-8-26(11-14(17)3)31(4,28)29/h5-6,9-10,13-14,17H,7-8,11-12H2,1-4H3,(H,21,22)(H,23,25)/t14-,17+/m1/s1. The van der Waals surface area contributed by atoms with E-state index in [4.69, 9.17) is 4.74 Å². The van der Waals surface area contributed by atoms with Crippen molar-refractivity contribution in [2.45, 2.75) is 33.2 Å². The van der Waals surface area contributed by atoms with Gasteiger partial charge in [-0.25, -0.2) is 12.7 Å². The van der Waals surface area contributed by atoms with Crippen LogP contribution in [0, 0.1) is 11.8 Å². The van der Waals surface area contributed by atoms with Crippen molar-refractivity contribution in [3.63, 3.8) is 0 Å². The van der Waals surface area contributed by atoms with Crippen molar-refractivity contribution in [1.82, 2.24) is 29.1 Å². The zero-order chi connectivity index (χ0) is 22.2. The van der Waals surface area contributed by atoms with E-state index < -0.39 is 10.0 Å². The molecule has 2 N–H and O–H groups in total. The van der Waals surface area contributed by atoms with Crippen LogP contribution in [0.5, 0.6) is 5.88 Å². The fourth-order valence-corrected chi connectivity index (χ4v) is 4.72. The number of sulfonamides is 1. The molecule has 0 unspecified atom stereocenters. The number of aromatic nitrogens is 5. The van der Waals surface area contributed by atoms with Crippen LogP contribution in [0.4, 0.5) is 5.95 Å². The van der Waals surface area contributed by atoms with Crippen LogP contribution in [0.1, 0.15) is 27.2 Å². The van der Waals surface area contributed by atoms with Gasteiger partial charge >= 0.3 is 0 Å². The molecule has 0 saturated carbocycles. The molecule has 0 amide bonds. The first kappa shape index (κ1) is 21.6. The van der Waals surface area contributed by atoms with Gasteiger partial charge in [-0.3, -0.25) is 5.10 Å². The Morgan fingerprint density at radius 2 is 2.16 bits per heavy atom. The molecule has 31 heavy (non-hydrogen) atoms. The molecular weight excluding hydrogens is 418 g/mol. The highest BCUT2D eigenvalue weighted by Gasteiger charge is 2.31. The smallest absolute Gasteiger partial charge is 0.243 e. The average Bonchev–Trinajstić information content (AvgIpc) is 3.36. The van der Waals surface area contributed by atoms with E-state index in [0.717, 1.165) is 11.1 Å². The highest BCUT2D eigenvalue weighted by Crippen LogP contribution is 2.31. The number of nitrogens with one attached hydrogen (secondary N) is 2. The predicted octanol–water partition coefficient (Wildman–Crippen LogP) is 2.24. The Morgan fingerprint density at radius 3 is 2.81 bits per heavy atom. The van der Waals surface area contributed by atoms with Crippen molar-refractivity contribution in [2.75, 3.05) is 31.3 Å². The number of H-pyrrole nitrogens is 1. The lowest BCUT2D eigenvalue weighted by molar-refractivity contribution is 0.256. The molecule has 0 radical (unpaired) electrons. The molecule has 3 aromatic heterocycles. The van der Waals surface area contributed by atoms with Gasteiger partial charge in [-0.1, -0.05) is 20.8 Å². The first-order valence-corrected chi connectivity index (χ1v) is 12.3. The van der Waals surface area contributed by atoms with Gasteiger partial charge in [0, 0.05) is 36.5 Å². The lowest BCUT2D eigenvalue weighted by Crippen LogP contribution is -2.47. The Hall–Kier alpha value is -2.66. The number of pyridine rings is 1. The Balaban J connectivity index is 1.61. The lowest BCUT2D eigenvalue weighted by Gasteiger charge is -2.35. The monoisotopic (exact) mass is 447 g/mol. The average molecular weight is 448 g/mol. The first-order valence-electron chi connectivity index (χ1n) is 10.5. The van der Waals surface area contributed by atoms with Crippen LogP contribution in [0.3, 0.4) is 0 Å². The molecule has 0 bridgehead atoms. The van der Waals surface area contributed by atoms with E-state index in [1.165, 1.54) is 10.6 Å². The Morgan fingerprint density at radius 1 is 1.35 bits per heavy atom. The Labute approximate surface area is 182 Å². The summed E-state index contributed by atoms with van der Waals surface area (Å²) in [6, 6.07) is 3.95. The largest absolute Gasteiger partial charge is 0.477 e. The molecule has 2 atom stereocenters. The van der Waals surface area contributed by atoms with Crippen molar-refractivity contribution in [3.05, 3.63) is 24.5 Å². The maximum atomic E-state index is 11.8. The number of ether oxygens (including phenoxy) is 1. The number of anilines is 1. The van der Waals surface area contributed by atoms with Gasteiger partial charge in [-0.2, -0.15) is 14.6 Å². The SMILES string of the molecule is CC(C)COc1c(-c2cn[nH]c2)ccc2nc(N[C@H]3CCN(S(C)(=O)=O)C[C@H]3C)nn12. The second-order valence-corrected chi connectivity index (χ2v) is 10.6. The number of rotatable bonds is 7. The van der Waals surface area contributed by atoms with Crippen molar-refractivity contribution in [3.8, 4) is 17.0 Å². The van der Waals surface area contributed by atoms with Crippen LogP contribution in [-0.2, 0) is 10.0 Å². The summed E-state index contributed by atoms with van der Waals surface area (Å²) in [5.41, 5.74) is 2.47. The van der Waals surface area contributed by atoms with E-state index in [9.17, 15) is 8.42 Å². The van der Waals surface area contributed by atoms with Gasteiger partial charge in [-0.15, -0.1) is 5.10 Å². The van der Waals surface area contributed by atoms with Gasteiger partial charge in [0.05, 0.1) is 19.1 Å². The highest BCUT2D eigenvalue weighted by atomic mass is 32.2. The third-order valence-corrected chi connectivity index (χ3v) is 6.74. The molecule has 1 saturated heterocycles. The number of hydrogen-bond donors (Lipinski definition) is 2. The summed E-state index contributed by atoms with van der Waals surface area (Å²) >= 11 is 0. The van der Waals surface area contributed by atoms with Crippen LogP contribution in [0.2, 0.25) is 0 Å². The summed E-state index contributed by atoms with van der Waals surface area (Å²) in [5.74, 6) is 1.61. The molecule has 1 aliphatic rings. The molecule has 0 aromatic carbocycles. The van der Waals surface area contributed by atoms with Crippen LogP contribution in [-0.4, -0.2) is 69.5 Å². The van der Waals surface area contributed by atoms with Crippen molar-refractivity contribution in [2.24, 2.45) is 11.8 Å². The molecular formula is C20H29N7O3S. The second kappa shape index (κ2) is 8.46. The van der Waals surface area contributed by atoms with E-state index in [0.29, 0.717) is 49.5 Å². The van der Waals surface area contributed by atoms with Gasteiger partial charge in [0.25, 0.3) is 0 Å². The molecule has 168 valence electrons. The topological polar surface area (TPSA) is 118 Å². The fraction of sp³-hybridized carbons (Fsp3) is 0.550. The summed E-state index contributed by atoms with van der Waals surface area (Å²) in [5, 5.41) is 14.9. The van der Waals surface area contributed by atoms with E-state index in [-0.39, 0.29) is 12.0 Å². The number of piperidine rings is 1. The molecule has 0 aliphatic carbocycles. The lowest BCUT2D eigenvalue weighted by atomic mass is 9.95. The van der Waals surface area contributed by atoms with E-state index >= 15 is 0 Å². The summed E-state index contributed by atoms with van der Waals surface area (Å²) < 4.78 is 33.1.